The maximum Gasteiger partial charge on any atom is 0.137 e. The van der Waals surface area contributed by atoms with Crippen molar-refractivity contribution >= 4 is 5.65 Å². The highest BCUT2D eigenvalue weighted by molar-refractivity contribution is 5.43. The Bertz CT molecular complexity index is 544. The van der Waals surface area contributed by atoms with Gasteiger partial charge in [0.05, 0.1) is 5.69 Å². The van der Waals surface area contributed by atoms with Crippen LogP contribution in [0.5, 0.6) is 0 Å². The molecule has 0 bridgehead atoms. The van der Waals surface area contributed by atoms with Crippen LogP contribution >= 0.6 is 0 Å². The van der Waals surface area contributed by atoms with E-state index in [1.54, 1.807) is 0 Å². The van der Waals surface area contributed by atoms with Crippen LogP contribution in [0.1, 0.15) is 58.7 Å². The lowest BCUT2D eigenvalue weighted by atomic mass is 9.91. The Kier molecular flexibility index (Phi) is 3.22. The smallest absolute Gasteiger partial charge is 0.137 e. The van der Waals surface area contributed by atoms with Crippen molar-refractivity contribution in [1.82, 2.24) is 9.38 Å². The third kappa shape index (κ3) is 2.43. The highest BCUT2D eigenvalue weighted by Crippen LogP contribution is 2.26. The molecule has 18 heavy (non-hydrogen) atoms. The van der Waals surface area contributed by atoms with Crippen molar-refractivity contribution in [3.63, 3.8) is 0 Å². The van der Waals surface area contributed by atoms with Gasteiger partial charge < -0.3 is 4.40 Å². The van der Waals surface area contributed by atoms with Gasteiger partial charge in [0, 0.05) is 17.8 Å². The Morgan fingerprint density at radius 3 is 2.28 bits per heavy atom. The van der Waals surface area contributed by atoms with E-state index in [2.05, 4.69) is 70.5 Å². The summed E-state index contributed by atoms with van der Waals surface area (Å²) in [6.45, 7) is 13.4. The molecule has 1 atom stereocenters. The fourth-order valence-electron chi connectivity index (χ4n) is 2.02. The van der Waals surface area contributed by atoms with E-state index >= 15 is 0 Å². The summed E-state index contributed by atoms with van der Waals surface area (Å²) >= 11 is 0. The third-order valence-corrected chi connectivity index (χ3v) is 3.77. The zero-order valence-corrected chi connectivity index (χ0v) is 12.4. The van der Waals surface area contributed by atoms with Crippen LogP contribution in [-0.4, -0.2) is 9.38 Å². The third-order valence-electron chi connectivity index (χ3n) is 3.77. The first-order chi connectivity index (χ1) is 8.29. The van der Waals surface area contributed by atoms with Crippen LogP contribution < -0.4 is 0 Å². The molecule has 2 nitrogen and oxygen atoms in total. The lowest BCUT2D eigenvalue weighted by molar-refractivity contribution is 0.533. The van der Waals surface area contributed by atoms with Crippen molar-refractivity contribution in [2.45, 2.75) is 52.9 Å². The van der Waals surface area contributed by atoms with Crippen molar-refractivity contribution < 1.29 is 0 Å². The van der Waals surface area contributed by atoms with Crippen LogP contribution in [0.3, 0.4) is 0 Å². The summed E-state index contributed by atoms with van der Waals surface area (Å²) in [4.78, 5) is 4.69. The van der Waals surface area contributed by atoms with Gasteiger partial charge in [-0.25, -0.2) is 4.98 Å². The second-order valence-corrected chi connectivity index (χ2v) is 6.64. The molecule has 98 valence electrons. The Morgan fingerprint density at radius 1 is 1.06 bits per heavy atom. The summed E-state index contributed by atoms with van der Waals surface area (Å²) in [5.41, 5.74) is 3.68. The normalized spacial score (nSPS) is 14.4. The molecule has 2 aromatic heterocycles. The number of imidazole rings is 1. The minimum absolute atomic E-state index is 0.107. The van der Waals surface area contributed by atoms with Crippen LogP contribution in [0.15, 0.2) is 24.5 Å². The Hall–Kier alpha value is -1.31. The number of rotatable bonds is 2. The second-order valence-electron chi connectivity index (χ2n) is 6.64. The van der Waals surface area contributed by atoms with E-state index in [1.165, 1.54) is 5.56 Å². The Labute approximate surface area is 110 Å². The molecule has 0 saturated carbocycles. The first-order valence-electron chi connectivity index (χ1n) is 6.78. The van der Waals surface area contributed by atoms with E-state index in [4.69, 9.17) is 4.98 Å². The molecule has 2 heteroatoms. The van der Waals surface area contributed by atoms with Gasteiger partial charge in [-0.1, -0.05) is 47.6 Å². The molecule has 0 saturated heterocycles. The molecule has 2 rings (SSSR count). The fraction of sp³-hybridized carbons (Fsp3) is 0.562. The molecular weight excluding hydrogens is 220 g/mol. The number of fused-ring (bicyclic) bond motifs is 1. The highest BCUT2D eigenvalue weighted by Gasteiger charge is 2.18. The van der Waals surface area contributed by atoms with Crippen LogP contribution in [0.2, 0.25) is 0 Å². The van der Waals surface area contributed by atoms with Crippen molar-refractivity contribution in [1.29, 1.82) is 0 Å². The first-order valence-corrected chi connectivity index (χ1v) is 6.78. The molecule has 0 aliphatic heterocycles. The summed E-state index contributed by atoms with van der Waals surface area (Å²) in [7, 11) is 0. The fourth-order valence-corrected chi connectivity index (χ4v) is 2.02. The quantitative estimate of drug-likeness (QED) is 0.765. The van der Waals surface area contributed by atoms with Gasteiger partial charge in [-0.2, -0.15) is 0 Å². The molecule has 1 unspecified atom stereocenters. The van der Waals surface area contributed by atoms with Crippen molar-refractivity contribution in [3.05, 3.63) is 35.8 Å². The average molecular weight is 244 g/mol. The predicted octanol–water partition coefficient (Wildman–Crippen LogP) is 4.39. The number of pyridine rings is 1. The van der Waals surface area contributed by atoms with E-state index in [0.717, 1.165) is 11.3 Å². The zero-order valence-electron chi connectivity index (χ0n) is 12.4. The summed E-state index contributed by atoms with van der Waals surface area (Å²) in [5.74, 6) is 1.24. The first kappa shape index (κ1) is 13.1. The van der Waals surface area contributed by atoms with Crippen molar-refractivity contribution in [3.8, 4) is 0 Å². The molecule has 2 heterocycles. The number of aromatic nitrogens is 2. The topological polar surface area (TPSA) is 17.3 Å². The lowest BCUT2D eigenvalue weighted by Crippen LogP contribution is -2.11. The number of nitrogens with zero attached hydrogens (tertiary/aromatic N) is 2. The highest BCUT2D eigenvalue weighted by atomic mass is 15.0. The van der Waals surface area contributed by atoms with Gasteiger partial charge in [0.2, 0.25) is 0 Å². The Balaban J connectivity index is 2.46. The monoisotopic (exact) mass is 244 g/mol. The summed E-state index contributed by atoms with van der Waals surface area (Å²) in [5, 5.41) is 0. The summed E-state index contributed by atoms with van der Waals surface area (Å²) in [6.07, 6.45) is 4.38. The van der Waals surface area contributed by atoms with E-state index in [9.17, 15) is 0 Å². The number of hydrogen-bond acceptors (Lipinski definition) is 1. The standard InChI is InChI=1S/C16H24N2/c1-11(2)12(3)13-7-8-15-17-14(16(4,5)6)10-18(15)9-13/h7-12H,1-6H3. The minimum atomic E-state index is 0.107. The Morgan fingerprint density at radius 2 is 1.72 bits per heavy atom. The van der Waals surface area contributed by atoms with E-state index in [-0.39, 0.29) is 5.41 Å². The van der Waals surface area contributed by atoms with Gasteiger partial charge >= 0.3 is 0 Å². The second kappa shape index (κ2) is 4.42. The maximum absolute atomic E-state index is 4.69. The largest absolute Gasteiger partial charge is 0.307 e. The molecule has 0 aliphatic carbocycles. The molecule has 0 spiro atoms. The van der Waals surface area contributed by atoms with Gasteiger partial charge in [-0.15, -0.1) is 0 Å². The molecule has 0 aliphatic rings. The lowest BCUT2D eigenvalue weighted by Gasteiger charge is -2.15. The van der Waals surface area contributed by atoms with Crippen LogP contribution in [0.4, 0.5) is 0 Å². The van der Waals surface area contributed by atoms with Crippen LogP contribution in [0, 0.1) is 5.92 Å². The zero-order chi connectivity index (χ0) is 13.5. The van der Waals surface area contributed by atoms with Gasteiger partial charge in [0.1, 0.15) is 5.65 Å². The van der Waals surface area contributed by atoms with E-state index in [1.807, 2.05) is 0 Å². The van der Waals surface area contributed by atoms with Gasteiger partial charge in [-0.3, -0.25) is 0 Å². The number of hydrogen-bond donors (Lipinski definition) is 0. The van der Waals surface area contributed by atoms with Gasteiger partial charge in [0.25, 0.3) is 0 Å². The van der Waals surface area contributed by atoms with Crippen LogP contribution in [0.25, 0.3) is 5.65 Å². The molecular formula is C16H24N2. The van der Waals surface area contributed by atoms with E-state index in [0.29, 0.717) is 11.8 Å². The SMILES string of the molecule is CC(C)C(C)c1ccc2nc(C(C)(C)C)cn2c1. The maximum atomic E-state index is 4.69. The van der Waals surface area contributed by atoms with Crippen molar-refractivity contribution in [2.24, 2.45) is 5.92 Å². The van der Waals surface area contributed by atoms with Gasteiger partial charge in [-0.05, 0) is 23.5 Å². The minimum Gasteiger partial charge on any atom is -0.307 e. The summed E-state index contributed by atoms with van der Waals surface area (Å²) < 4.78 is 2.16. The van der Waals surface area contributed by atoms with Crippen molar-refractivity contribution in [2.75, 3.05) is 0 Å². The van der Waals surface area contributed by atoms with Crippen LogP contribution in [-0.2, 0) is 5.41 Å². The average Bonchev–Trinajstić information content (AvgIpc) is 2.69. The van der Waals surface area contributed by atoms with E-state index < -0.39 is 0 Å². The molecule has 0 amide bonds. The molecule has 0 aromatic carbocycles. The molecule has 0 radical (unpaired) electrons. The predicted molar refractivity (Wildman–Crippen MR) is 77.1 cm³/mol. The molecule has 2 aromatic rings. The van der Waals surface area contributed by atoms with Gasteiger partial charge in [0.15, 0.2) is 0 Å². The molecule has 0 fully saturated rings. The summed E-state index contributed by atoms with van der Waals surface area (Å²) in [6, 6.07) is 4.34. The molecule has 0 N–H and O–H groups in total.